The second-order valence-corrected chi connectivity index (χ2v) is 6.46. The van der Waals surface area contributed by atoms with Gasteiger partial charge in [0, 0.05) is 18.9 Å². The van der Waals surface area contributed by atoms with Crippen LogP contribution in [0.25, 0.3) is 11.0 Å². The summed E-state index contributed by atoms with van der Waals surface area (Å²) in [5.74, 6) is 0.779. The van der Waals surface area contributed by atoms with E-state index in [-0.39, 0.29) is 12.0 Å². The van der Waals surface area contributed by atoms with Gasteiger partial charge in [-0.15, -0.1) is 0 Å². The first-order valence-electron chi connectivity index (χ1n) is 8.36. The summed E-state index contributed by atoms with van der Waals surface area (Å²) >= 11 is 0. The molecular weight excluding hydrogens is 316 g/mol. The molecule has 0 bridgehead atoms. The average Bonchev–Trinajstić information content (AvgIpc) is 3.13. The van der Waals surface area contributed by atoms with E-state index in [1.807, 2.05) is 45.2 Å². The van der Waals surface area contributed by atoms with Gasteiger partial charge in [-0.2, -0.15) is 5.10 Å². The van der Waals surface area contributed by atoms with Crippen molar-refractivity contribution in [3.05, 3.63) is 52.8 Å². The van der Waals surface area contributed by atoms with Crippen LogP contribution in [0.1, 0.15) is 27.3 Å². The Morgan fingerprint density at radius 1 is 1.32 bits per heavy atom. The molecule has 1 aliphatic heterocycles. The second-order valence-electron chi connectivity index (χ2n) is 6.46. The van der Waals surface area contributed by atoms with Gasteiger partial charge < -0.3 is 10.1 Å². The minimum atomic E-state index is -0.130. The fraction of sp³-hybridized carbons (Fsp3) is 0.316. The third-order valence-electron chi connectivity index (χ3n) is 4.64. The Morgan fingerprint density at radius 2 is 2.12 bits per heavy atom. The van der Waals surface area contributed by atoms with Crippen LogP contribution in [-0.2, 0) is 13.5 Å². The topological polar surface area (TPSA) is 69.0 Å². The van der Waals surface area contributed by atoms with Gasteiger partial charge in [-0.25, -0.2) is 4.98 Å². The standard InChI is InChI=1S/C19H20N4O2/c1-11-16(9-15-12(2)22-23(3)18(15)21-11)19(24)20-10-14-8-13-6-4-5-7-17(13)25-14/h4-7,9,14H,8,10H2,1-3H3,(H,20,24). The summed E-state index contributed by atoms with van der Waals surface area (Å²) in [4.78, 5) is 17.2. The van der Waals surface area contributed by atoms with Gasteiger partial charge in [0.1, 0.15) is 11.9 Å². The number of pyridine rings is 1. The van der Waals surface area contributed by atoms with Crippen LogP contribution in [0, 0.1) is 13.8 Å². The van der Waals surface area contributed by atoms with Gasteiger partial charge in [-0.05, 0) is 31.5 Å². The lowest BCUT2D eigenvalue weighted by Gasteiger charge is -2.13. The van der Waals surface area contributed by atoms with Gasteiger partial charge in [0.05, 0.1) is 23.5 Å². The Balaban J connectivity index is 1.49. The van der Waals surface area contributed by atoms with Crippen molar-refractivity contribution in [3.8, 4) is 5.75 Å². The van der Waals surface area contributed by atoms with Gasteiger partial charge in [0.2, 0.25) is 0 Å². The summed E-state index contributed by atoms with van der Waals surface area (Å²) in [5.41, 5.74) is 4.13. The number of benzene rings is 1. The number of nitrogens with zero attached hydrogens (tertiary/aromatic N) is 3. The number of amides is 1. The number of hydrogen-bond acceptors (Lipinski definition) is 4. The lowest BCUT2D eigenvalue weighted by atomic mass is 10.1. The first kappa shape index (κ1) is 15.6. The largest absolute Gasteiger partial charge is 0.488 e. The van der Waals surface area contributed by atoms with Crippen LogP contribution in [0.5, 0.6) is 5.75 Å². The molecule has 3 aromatic rings. The number of rotatable bonds is 3. The maximum absolute atomic E-state index is 12.6. The van der Waals surface area contributed by atoms with Gasteiger partial charge in [-0.3, -0.25) is 9.48 Å². The van der Waals surface area contributed by atoms with Crippen molar-refractivity contribution >= 4 is 16.9 Å². The molecule has 0 radical (unpaired) electrons. The zero-order valence-corrected chi connectivity index (χ0v) is 14.5. The molecule has 1 atom stereocenters. The molecule has 6 heteroatoms. The van der Waals surface area contributed by atoms with Crippen molar-refractivity contribution < 1.29 is 9.53 Å². The molecule has 1 aromatic carbocycles. The Bertz CT molecular complexity index is 952. The van der Waals surface area contributed by atoms with Crippen molar-refractivity contribution in [2.75, 3.05) is 6.54 Å². The summed E-state index contributed by atoms with van der Waals surface area (Å²) in [5, 5.41) is 8.25. The molecule has 128 valence electrons. The van der Waals surface area contributed by atoms with Crippen LogP contribution in [0.2, 0.25) is 0 Å². The number of carbonyl (C=O) groups excluding carboxylic acids is 1. The SMILES string of the molecule is Cc1nc2c(cc1C(=O)NCC1Cc3ccccc3O1)c(C)nn2C. The van der Waals surface area contributed by atoms with Crippen molar-refractivity contribution in [1.29, 1.82) is 0 Å². The van der Waals surface area contributed by atoms with E-state index in [0.717, 1.165) is 28.9 Å². The number of hydrogen-bond donors (Lipinski definition) is 1. The first-order valence-corrected chi connectivity index (χ1v) is 8.36. The smallest absolute Gasteiger partial charge is 0.253 e. The highest BCUT2D eigenvalue weighted by Crippen LogP contribution is 2.27. The fourth-order valence-corrected chi connectivity index (χ4v) is 3.33. The molecular formula is C19H20N4O2. The fourth-order valence-electron chi connectivity index (χ4n) is 3.33. The lowest BCUT2D eigenvalue weighted by Crippen LogP contribution is -2.34. The quantitative estimate of drug-likeness (QED) is 0.797. The van der Waals surface area contributed by atoms with Gasteiger partial charge in [0.25, 0.3) is 5.91 Å². The van der Waals surface area contributed by atoms with Crippen molar-refractivity contribution in [2.45, 2.75) is 26.4 Å². The van der Waals surface area contributed by atoms with E-state index in [2.05, 4.69) is 21.5 Å². The Morgan fingerprint density at radius 3 is 2.92 bits per heavy atom. The minimum absolute atomic E-state index is 0.0292. The summed E-state index contributed by atoms with van der Waals surface area (Å²) in [6.45, 7) is 4.24. The Labute approximate surface area is 145 Å². The van der Waals surface area contributed by atoms with Crippen LogP contribution >= 0.6 is 0 Å². The molecule has 1 amide bonds. The molecule has 0 fully saturated rings. The number of aryl methyl sites for hydroxylation is 3. The molecule has 2 aromatic heterocycles. The Hall–Kier alpha value is -2.89. The predicted molar refractivity (Wildman–Crippen MR) is 94.9 cm³/mol. The first-order chi connectivity index (χ1) is 12.0. The number of nitrogens with one attached hydrogen (secondary N) is 1. The number of para-hydroxylation sites is 1. The molecule has 1 N–H and O–H groups in total. The van der Waals surface area contributed by atoms with Gasteiger partial charge in [-0.1, -0.05) is 18.2 Å². The second kappa shape index (κ2) is 5.88. The van der Waals surface area contributed by atoms with Crippen LogP contribution in [0.15, 0.2) is 30.3 Å². The van der Waals surface area contributed by atoms with Crippen LogP contribution in [-0.4, -0.2) is 33.3 Å². The average molecular weight is 336 g/mol. The molecule has 1 unspecified atom stereocenters. The molecule has 0 aliphatic carbocycles. The number of carbonyl (C=O) groups is 1. The Kier molecular flexibility index (Phi) is 3.67. The molecule has 1 aliphatic rings. The molecule has 4 rings (SSSR count). The monoisotopic (exact) mass is 336 g/mol. The molecule has 0 saturated carbocycles. The maximum atomic E-state index is 12.6. The van der Waals surface area contributed by atoms with E-state index >= 15 is 0 Å². The predicted octanol–water partition coefficient (Wildman–Crippen LogP) is 2.32. The third-order valence-corrected chi connectivity index (χ3v) is 4.64. The molecule has 6 nitrogen and oxygen atoms in total. The van der Waals surface area contributed by atoms with E-state index in [1.54, 1.807) is 4.68 Å². The summed E-state index contributed by atoms with van der Waals surface area (Å²) in [7, 11) is 1.86. The summed E-state index contributed by atoms with van der Waals surface area (Å²) < 4.78 is 7.61. The summed E-state index contributed by atoms with van der Waals surface area (Å²) in [6, 6.07) is 9.86. The normalized spacial score (nSPS) is 15.9. The van der Waals surface area contributed by atoms with Crippen molar-refractivity contribution in [2.24, 2.45) is 7.05 Å². The molecule has 0 saturated heterocycles. The van der Waals surface area contributed by atoms with Gasteiger partial charge in [0.15, 0.2) is 5.65 Å². The zero-order chi connectivity index (χ0) is 17.6. The van der Waals surface area contributed by atoms with Crippen LogP contribution in [0.4, 0.5) is 0 Å². The third kappa shape index (κ3) is 2.73. The van der Waals surface area contributed by atoms with E-state index in [9.17, 15) is 4.79 Å². The number of fused-ring (bicyclic) bond motifs is 2. The van der Waals surface area contributed by atoms with Crippen LogP contribution in [0.3, 0.4) is 0 Å². The zero-order valence-electron chi connectivity index (χ0n) is 14.5. The van der Waals surface area contributed by atoms with Crippen molar-refractivity contribution in [3.63, 3.8) is 0 Å². The van der Waals surface area contributed by atoms with Crippen molar-refractivity contribution in [1.82, 2.24) is 20.1 Å². The summed E-state index contributed by atoms with van der Waals surface area (Å²) in [6.07, 6.45) is 0.785. The minimum Gasteiger partial charge on any atom is -0.488 e. The van der Waals surface area contributed by atoms with E-state index in [4.69, 9.17) is 4.74 Å². The van der Waals surface area contributed by atoms with E-state index in [1.165, 1.54) is 5.56 Å². The van der Waals surface area contributed by atoms with Gasteiger partial charge >= 0.3 is 0 Å². The highest BCUT2D eigenvalue weighted by molar-refractivity contribution is 5.98. The van der Waals surface area contributed by atoms with E-state index < -0.39 is 0 Å². The highest BCUT2D eigenvalue weighted by Gasteiger charge is 2.23. The highest BCUT2D eigenvalue weighted by atomic mass is 16.5. The molecule has 25 heavy (non-hydrogen) atoms. The number of ether oxygens (including phenoxy) is 1. The number of aromatic nitrogens is 3. The maximum Gasteiger partial charge on any atom is 0.253 e. The molecule has 0 spiro atoms. The molecule has 3 heterocycles. The van der Waals surface area contributed by atoms with Crippen LogP contribution < -0.4 is 10.1 Å². The lowest BCUT2D eigenvalue weighted by molar-refractivity contribution is 0.0932. The van der Waals surface area contributed by atoms with E-state index in [0.29, 0.717) is 17.8 Å².